The van der Waals surface area contributed by atoms with Gasteiger partial charge in [0.05, 0.1) is 11.1 Å². The molecule has 0 atom stereocenters. The first-order valence-corrected chi connectivity index (χ1v) is 8.00. The molecule has 6 nitrogen and oxygen atoms in total. The summed E-state index contributed by atoms with van der Waals surface area (Å²) >= 11 is 0. The molecule has 0 saturated carbocycles. The molecule has 0 spiro atoms. The largest absolute Gasteiger partial charge is 0.419 e. The number of hydrogen-bond acceptors (Lipinski definition) is 5. The lowest BCUT2D eigenvalue weighted by atomic mass is 10.1. The molecular weight excluding hydrogens is 363 g/mol. The van der Waals surface area contributed by atoms with Crippen molar-refractivity contribution >= 4 is 11.1 Å². The number of benzene rings is 2. The quantitative estimate of drug-likeness (QED) is 0.541. The second kappa shape index (κ2) is 6.42. The van der Waals surface area contributed by atoms with E-state index in [0.29, 0.717) is 16.7 Å². The van der Waals surface area contributed by atoms with Gasteiger partial charge in [0.1, 0.15) is 0 Å². The summed E-state index contributed by atoms with van der Waals surface area (Å²) in [4.78, 5) is 16.1. The molecule has 0 bridgehead atoms. The third-order valence-corrected chi connectivity index (χ3v) is 4.06. The molecule has 0 aliphatic rings. The van der Waals surface area contributed by atoms with Crippen LogP contribution in [0.5, 0.6) is 0 Å². The maximum absolute atomic E-state index is 12.6. The van der Waals surface area contributed by atoms with Gasteiger partial charge in [0.2, 0.25) is 11.7 Å². The lowest BCUT2D eigenvalue weighted by Crippen LogP contribution is -2.15. The Bertz CT molecular complexity index is 1140. The molecule has 9 heteroatoms. The highest BCUT2D eigenvalue weighted by Gasteiger charge is 2.30. The zero-order valence-electron chi connectivity index (χ0n) is 13.7. The van der Waals surface area contributed by atoms with Crippen molar-refractivity contribution in [3.8, 4) is 11.4 Å². The summed E-state index contributed by atoms with van der Waals surface area (Å²) in [6.45, 7) is 0.268. The summed E-state index contributed by atoms with van der Waals surface area (Å²) in [7, 11) is 0. The third-order valence-electron chi connectivity index (χ3n) is 4.06. The van der Waals surface area contributed by atoms with E-state index in [-0.39, 0.29) is 24.7 Å². The van der Waals surface area contributed by atoms with Crippen LogP contribution in [0.4, 0.5) is 13.2 Å². The molecule has 0 aliphatic heterocycles. The second-order valence-corrected chi connectivity index (χ2v) is 5.82. The molecule has 2 aromatic carbocycles. The van der Waals surface area contributed by atoms with Crippen LogP contribution in [0, 0.1) is 0 Å². The fourth-order valence-electron chi connectivity index (χ4n) is 2.72. The van der Waals surface area contributed by atoms with E-state index in [1.807, 2.05) is 0 Å². The van der Waals surface area contributed by atoms with Crippen LogP contribution in [0.15, 0.2) is 62.3 Å². The van der Waals surface area contributed by atoms with Gasteiger partial charge in [-0.15, -0.1) is 0 Å². The number of nitrogens with zero attached hydrogens (tertiary/aromatic N) is 3. The summed E-state index contributed by atoms with van der Waals surface area (Å²) in [6, 6.07) is 11.5. The molecule has 0 unspecified atom stereocenters. The Morgan fingerprint density at radius 3 is 2.52 bits per heavy atom. The van der Waals surface area contributed by atoms with Crippen molar-refractivity contribution in [3.63, 3.8) is 0 Å². The van der Waals surface area contributed by atoms with Crippen molar-refractivity contribution in [1.82, 2.24) is 14.7 Å². The molecule has 0 N–H and O–H groups in total. The number of fused-ring (bicyclic) bond motifs is 1. The standard InChI is InChI=1S/C18H12F3N3O3/c19-18(20,21)12-7-5-11(6-8-12)16-22-15(27-23-16)9-10-24-13-3-1-2-4-14(13)26-17(24)25/h1-8H,9-10H2. The average Bonchev–Trinajstić information content (AvgIpc) is 3.23. The van der Waals surface area contributed by atoms with E-state index in [2.05, 4.69) is 10.1 Å². The van der Waals surface area contributed by atoms with Crippen LogP contribution in [0.2, 0.25) is 0 Å². The number of para-hydroxylation sites is 2. The summed E-state index contributed by atoms with van der Waals surface area (Å²) in [5.74, 6) is -0.0381. The summed E-state index contributed by atoms with van der Waals surface area (Å²) < 4.78 is 49.6. The van der Waals surface area contributed by atoms with Crippen LogP contribution in [-0.2, 0) is 19.1 Å². The van der Waals surface area contributed by atoms with Crippen molar-refractivity contribution < 1.29 is 22.1 Å². The molecule has 2 aromatic heterocycles. The fourth-order valence-corrected chi connectivity index (χ4v) is 2.72. The number of aryl methyl sites for hydroxylation is 2. The Morgan fingerprint density at radius 1 is 1.04 bits per heavy atom. The van der Waals surface area contributed by atoms with Crippen molar-refractivity contribution in [2.24, 2.45) is 0 Å². The number of aromatic nitrogens is 3. The number of alkyl halides is 3. The van der Waals surface area contributed by atoms with E-state index in [4.69, 9.17) is 8.94 Å². The fraction of sp³-hybridized carbons (Fsp3) is 0.167. The number of halogens is 3. The summed E-state index contributed by atoms with van der Waals surface area (Å²) in [6.07, 6.45) is -4.13. The minimum atomic E-state index is -4.40. The van der Waals surface area contributed by atoms with E-state index in [1.165, 1.54) is 16.7 Å². The Kier molecular flexibility index (Phi) is 4.06. The van der Waals surface area contributed by atoms with E-state index >= 15 is 0 Å². The molecule has 0 aliphatic carbocycles. The van der Waals surface area contributed by atoms with Gasteiger partial charge in [-0.3, -0.25) is 4.57 Å². The first-order chi connectivity index (χ1) is 12.9. The van der Waals surface area contributed by atoms with Gasteiger partial charge in [0.25, 0.3) is 0 Å². The van der Waals surface area contributed by atoms with Crippen molar-refractivity contribution in [3.05, 3.63) is 70.5 Å². The van der Waals surface area contributed by atoms with E-state index in [1.54, 1.807) is 24.3 Å². The first kappa shape index (κ1) is 17.1. The maximum atomic E-state index is 12.6. The Morgan fingerprint density at radius 2 is 1.78 bits per heavy atom. The molecule has 138 valence electrons. The monoisotopic (exact) mass is 375 g/mol. The summed E-state index contributed by atoms with van der Waals surface area (Å²) in [5, 5.41) is 3.78. The Balaban J connectivity index is 1.51. The predicted molar refractivity (Wildman–Crippen MR) is 88.9 cm³/mol. The number of hydrogen-bond donors (Lipinski definition) is 0. The molecular formula is C18H12F3N3O3. The SMILES string of the molecule is O=c1oc2ccccc2n1CCc1nc(-c2ccc(C(F)(F)F)cc2)no1. The van der Waals surface area contributed by atoms with Gasteiger partial charge >= 0.3 is 11.9 Å². The van der Waals surface area contributed by atoms with Gasteiger partial charge in [-0.1, -0.05) is 29.4 Å². The lowest BCUT2D eigenvalue weighted by molar-refractivity contribution is -0.137. The maximum Gasteiger partial charge on any atom is 0.419 e. The molecule has 0 fully saturated rings. The van der Waals surface area contributed by atoms with Crippen LogP contribution >= 0.6 is 0 Å². The van der Waals surface area contributed by atoms with Gasteiger partial charge in [-0.05, 0) is 24.3 Å². The highest BCUT2D eigenvalue weighted by Crippen LogP contribution is 2.30. The molecule has 27 heavy (non-hydrogen) atoms. The predicted octanol–water partition coefficient (Wildman–Crippen LogP) is 3.91. The van der Waals surface area contributed by atoms with Crippen LogP contribution in [0.25, 0.3) is 22.5 Å². The zero-order valence-corrected chi connectivity index (χ0v) is 13.7. The first-order valence-electron chi connectivity index (χ1n) is 8.00. The van der Waals surface area contributed by atoms with Crippen LogP contribution in [0.1, 0.15) is 11.5 Å². The summed E-state index contributed by atoms with van der Waals surface area (Å²) in [5.41, 5.74) is 0.800. The molecule has 2 heterocycles. The molecule has 4 aromatic rings. The molecule has 0 radical (unpaired) electrons. The Hall–Kier alpha value is -3.36. The van der Waals surface area contributed by atoms with Gasteiger partial charge < -0.3 is 8.94 Å². The zero-order chi connectivity index (χ0) is 19.0. The van der Waals surface area contributed by atoms with E-state index in [9.17, 15) is 18.0 Å². The van der Waals surface area contributed by atoms with Crippen LogP contribution in [-0.4, -0.2) is 14.7 Å². The number of oxazole rings is 1. The van der Waals surface area contributed by atoms with E-state index in [0.717, 1.165) is 12.1 Å². The van der Waals surface area contributed by atoms with E-state index < -0.39 is 17.5 Å². The van der Waals surface area contributed by atoms with Gasteiger partial charge in [0, 0.05) is 18.5 Å². The number of rotatable bonds is 4. The lowest BCUT2D eigenvalue weighted by Gasteiger charge is -2.05. The van der Waals surface area contributed by atoms with Crippen LogP contribution in [0.3, 0.4) is 0 Å². The second-order valence-electron chi connectivity index (χ2n) is 5.82. The van der Waals surface area contributed by atoms with Gasteiger partial charge in [-0.2, -0.15) is 18.2 Å². The molecule has 0 saturated heterocycles. The third kappa shape index (κ3) is 3.35. The van der Waals surface area contributed by atoms with Crippen LogP contribution < -0.4 is 5.76 Å². The average molecular weight is 375 g/mol. The Labute approximate surface area is 149 Å². The normalized spacial score (nSPS) is 12.0. The van der Waals surface area contributed by atoms with Crippen molar-refractivity contribution in [2.75, 3.05) is 0 Å². The van der Waals surface area contributed by atoms with Gasteiger partial charge in [-0.25, -0.2) is 4.79 Å². The molecule has 0 amide bonds. The van der Waals surface area contributed by atoms with Crippen molar-refractivity contribution in [1.29, 1.82) is 0 Å². The minimum Gasteiger partial charge on any atom is -0.408 e. The topological polar surface area (TPSA) is 74.1 Å². The molecule has 4 rings (SSSR count). The van der Waals surface area contributed by atoms with Crippen molar-refractivity contribution in [2.45, 2.75) is 19.1 Å². The highest BCUT2D eigenvalue weighted by molar-refractivity contribution is 5.72. The smallest absolute Gasteiger partial charge is 0.408 e. The minimum absolute atomic E-state index is 0.183. The highest BCUT2D eigenvalue weighted by atomic mass is 19.4. The van der Waals surface area contributed by atoms with Gasteiger partial charge in [0.15, 0.2) is 5.58 Å².